The van der Waals surface area contributed by atoms with Crippen LogP contribution in [0.25, 0.3) is 0 Å². The quantitative estimate of drug-likeness (QED) is 0.555. The first kappa shape index (κ1) is 23.0. The minimum atomic E-state index is -0.512. The highest BCUT2D eigenvalue weighted by Crippen LogP contribution is 2.29. The number of alkyl carbamates (subject to hydrolysis) is 1. The predicted molar refractivity (Wildman–Crippen MR) is 133 cm³/mol. The first-order valence-electron chi connectivity index (χ1n) is 11.2. The van der Waals surface area contributed by atoms with Gasteiger partial charge in [0.05, 0.1) is 17.9 Å². The van der Waals surface area contributed by atoms with Gasteiger partial charge in [-0.05, 0) is 59.9 Å². The number of nitrogens with zero attached hydrogens (tertiary/aromatic N) is 1. The molecule has 3 aromatic carbocycles. The van der Waals surface area contributed by atoms with E-state index in [0.717, 1.165) is 39.2 Å². The van der Waals surface area contributed by atoms with Crippen molar-refractivity contribution in [3.8, 4) is 11.8 Å². The van der Waals surface area contributed by atoms with Crippen molar-refractivity contribution in [2.75, 3.05) is 6.54 Å². The molecular formula is C29H26N2O3. The Morgan fingerprint density at radius 2 is 1.79 bits per heavy atom. The summed E-state index contributed by atoms with van der Waals surface area (Å²) in [7, 11) is 0. The van der Waals surface area contributed by atoms with E-state index in [4.69, 9.17) is 9.73 Å². The van der Waals surface area contributed by atoms with Gasteiger partial charge in [-0.15, -0.1) is 0 Å². The number of nitrogens with one attached hydrogen (secondary N) is 1. The van der Waals surface area contributed by atoms with E-state index in [0.29, 0.717) is 12.8 Å². The average molecular weight is 451 g/mol. The summed E-state index contributed by atoms with van der Waals surface area (Å²) in [6, 6.07) is 21.3. The van der Waals surface area contributed by atoms with Gasteiger partial charge in [0, 0.05) is 18.4 Å². The number of aryl methyl sites for hydroxylation is 2. The maximum Gasteiger partial charge on any atom is 0.408 e. The largest absolute Gasteiger partial charge is 0.445 e. The Balaban J connectivity index is 1.41. The molecule has 0 saturated carbocycles. The van der Waals surface area contributed by atoms with Gasteiger partial charge in [0.25, 0.3) is 0 Å². The average Bonchev–Trinajstić information content (AvgIpc) is 2.99. The number of hydrogen-bond donors (Lipinski definition) is 1. The summed E-state index contributed by atoms with van der Waals surface area (Å²) in [5, 5.41) is 2.63. The van der Waals surface area contributed by atoms with E-state index in [-0.39, 0.29) is 18.9 Å². The second kappa shape index (κ2) is 10.6. The van der Waals surface area contributed by atoms with E-state index in [1.807, 2.05) is 54.6 Å². The summed E-state index contributed by atoms with van der Waals surface area (Å²) in [5.41, 5.74) is 7.50. The number of Topliss-reactive ketones (excluding diaryl/α,β-unsaturated/α-hetero) is 1. The Morgan fingerprint density at radius 1 is 1.00 bits per heavy atom. The topological polar surface area (TPSA) is 67.8 Å². The van der Waals surface area contributed by atoms with E-state index in [2.05, 4.69) is 43.1 Å². The van der Waals surface area contributed by atoms with E-state index in [1.54, 1.807) is 0 Å². The highest BCUT2D eigenvalue weighted by molar-refractivity contribution is 6.13. The van der Waals surface area contributed by atoms with Crippen LogP contribution in [0.15, 0.2) is 71.7 Å². The molecule has 3 aromatic rings. The Hall–Kier alpha value is -4.17. The summed E-state index contributed by atoms with van der Waals surface area (Å²) in [6.07, 6.45) is 0.176. The maximum atomic E-state index is 12.6. The smallest absolute Gasteiger partial charge is 0.408 e. The molecule has 5 nitrogen and oxygen atoms in total. The van der Waals surface area contributed by atoms with E-state index >= 15 is 0 Å². The number of aliphatic imine (C=N–C) groups is 1. The third-order valence-corrected chi connectivity index (χ3v) is 5.67. The number of hydrogen-bond acceptors (Lipinski definition) is 4. The lowest BCUT2D eigenvalue weighted by Gasteiger charge is -2.07. The summed E-state index contributed by atoms with van der Waals surface area (Å²) < 4.78 is 5.18. The van der Waals surface area contributed by atoms with Gasteiger partial charge in [0.15, 0.2) is 0 Å². The second-order valence-electron chi connectivity index (χ2n) is 8.31. The Labute approximate surface area is 199 Å². The molecule has 0 aromatic heterocycles. The number of carbonyl (C=O) groups excluding carboxylic acids is 2. The molecule has 0 fully saturated rings. The van der Waals surface area contributed by atoms with Gasteiger partial charge >= 0.3 is 6.09 Å². The highest BCUT2D eigenvalue weighted by Gasteiger charge is 2.18. The SMILES string of the molecule is Cc1cc2c(cc1C)N=C(c1cccc(C#CCNC(=O)OCc3ccccc3)c1)CC(=O)C2. The molecule has 0 radical (unpaired) electrons. The molecule has 4 rings (SSSR count). The molecule has 1 amide bonds. The van der Waals surface area contributed by atoms with Crippen LogP contribution in [0, 0.1) is 25.7 Å². The van der Waals surface area contributed by atoms with Gasteiger partial charge in [-0.25, -0.2) is 4.79 Å². The van der Waals surface area contributed by atoms with Crippen molar-refractivity contribution in [1.82, 2.24) is 5.32 Å². The zero-order valence-corrected chi connectivity index (χ0v) is 19.4. The van der Waals surface area contributed by atoms with Gasteiger partial charge in [-0.3, -0.25) is 9.79 Å². The van der Waals surface area contributed by atoms with Crippen molar-refractivity contribution in [3.05, 3.63) is 100 Å². The molecule has 1 heterocycles. The molecule has 1 N–H and O–H groups in total. The zero-order valence-electron chi connectivity index (χ0n) is 19.4. The zero-order chi connectivity index (χ0) is 23.9. The normalized spacial score (nSPS) is 12.5. The number of ketones is 1. The lowest BCUT2D eigenvalue weighted by atomic mass is 9.99. The molecule has 170 valence electrons. The number of benzene rings is 3. The van der Waals surface area contributed by atoms with Gasteiger partial charge in [-0.1, -0.05) is 60.4 Å². The standard InChI is InChI=1S/C29H26N2O3/c1-20-14-25-17-26(32)18-28(31-27(25)15-21(20)2)24-12-6-10-22(16-24)11-7-13-30-29(33)34-19-23-8-4-3-5-9-23/h3-6,8-10,12,14-16H,13,17-19H2,1-2H3,(H,30,33). The molecule has 0 bridgehead atoms. The minimum Gasteiger partial charge on any atom is -0.445 e. The Kier molecular flexibility index (Phi) is 7.19. The van der Waals surface area contributed by atoms with Crippen molar-refractivity contribution in [1.29, 1.82) is 0 Å². The molecule has 0 saturated heterocycles. The molecule has 0 aliphatic carbocycles. The molecule has 1 aliphatic heterocycles. The molecule has 0 atom stereocenters. The lowest BCUT2D eigenvalue weighted by Crippen LogP contribution is -2.24. The van der Waals surface area contributed by atoms with Gasteiger partial charge in [0.1, 0.15) is 12.4 Å². The van der Waals surface area contributed by atoms with Gasteiger partial charge in [0.2, 0.25) is 0 Å². The summed E-state index contributed by atoms with van der Waals surface area (Å²) in [4.78, 5) is 29.3. The Morgan fingerprint density at radius 3 is 2.62 bits per heavy atom. The first-order valence-corrected chi connectivity index (χ1v) is 11.2. The molecular weight excluding hydrogens is 424 g/mol. The van der Waals surface area contributed by atoms with E-state index < -0.39 is 6.09 Å². The van der Waals surface area contributed by atoms with Crippen LogP contribution in [0.1, 0.15) is 39.8 Å². The van der Waals surface area contributed by atoms with Crippen molar-refractivity contribution >= 4 is 23.3 Å². The summed E-state index contributed by atoms with van der Waals surface area (Å²) in [5.74, 6) is 6.15. The molecule has 34 heavy (non-hydrogen) atoms. The lowest BCUT2D eigenvalue weighted by molar-refractivity contribution is -0.117. The van der Waals surface area contributed by atoms with Crippen molar-refractivity contribution in [2.24, 2.45) is 4.99 Å². The number of amides is 1. The van der Waals surface area contributed by atoms with Crippen molar-refractivity contribution in [2.45, 2.75) is 33.3 Å². The van der Waals surface area contributed by atoms with Gasteiger partial charge in [-0.2, -0.15) is 0 Å². The van der Waals surface area contributed by atoms with Crippen LogP contribution >= 0.6 is 0 Å². The molecule has 1 aliphatic rings. The minimum absolute atomic E-state index is 0.149. The highest BCUT2D eigenvalue weighted by atomic mass is 16.5. The van der Waals surface area contributed by atoms with Crippen LogP contribution in [-0.2, 0) is 22.6 Å². The monoisotopic (exact) mass is 450 g/mol. The molecule has 0 spiro atoms. The number of carbonyl (C=O) groups is 2. The molecule has 0 unspecified atom stereocenters. The van der Waals surface area contributed by atoms with Crippen LogP contribution in [0.5, 0.6) is 0 Å². The van der Waals surface area contributed by atoms with Crippen molar-refractivity contribution in [3.63, 3.8) is 0 Å². The van der Waals surface area contributed by atoms with Crippen LogP contribution in [-0.4, -0.2) is 24.1 Å². The third-order valence-electron chi connectivity index (χ3n) is 5.67. The Bertz CT molecular complexity index is 1310. The number of rotatable bonds is 4. The second-order valence-corrected chi connectivity index (χ2v) is 8.31. The number of fused-ring (bicyclic) bond motifs is 1. The summed E-state index contributed by atoms with van der Waals surface area (Å²) >= 11 is 0. The van der Waals surface area contributed by atoms with Crippen LogP contribution in [0.2, 0.25) is 0 Å². The van der Waals surface area contributed by atoms with Crippen LogP contribution in [0.3, 0.4) is 0 Å². The fourth-order valence-electron chi connectivity index (χ4n) is 3.73. The summed E-state index contributed by atoms with van der Waals surface area (Å²) in [6.45, 7) is 4.49. The van der Waals surface area contributed by atoms with Gasteiger partial charge < -0.3 is 10.1 Å². The van der Waals surface area contributed by atoms with Crippen LogP contribution < -0.4 is 5.32 Å². The predicted octanol–water partition coefficient (Wildman–Crippen LogP) is 5.22. The fourth-order valence-corrected chi connectivity index (χ4v) is 3.73. The maximum absolute atomic E-state index is 12.6. The van der Waals surface area contributed by atoms with Crippen molar-refractivity contribution < 1.29 is 14.3 Å². The fraction of sp³-hybridized carbons (Fsp3) is 0.207. The number of ether oxygens (including phenoxy) is 1. The first-order chi connectivity index (χ1) is 16.5. The van der Waals surface area contributed by atoms with E-state index in [1.165, 1.54) is 5.56 Å². The third kappa shape index (κ3) is 5.99. The van der Waals surface area contributed by atoms with Crippen LogP contribution in [0.4, 0.5) is 10.5 Å². The van der Waals surface area contributed by atoms with E-state index in [9.17, 15) is 9.59 Å². The molecule has 5 heteroatoms.